The Morgan fingerprint density at radius 1 is 1.28 bits per heavy atom. The van der Waals surface area contributed by atoms with E-state index in [1.54, 1.807) is 7.11 Å². The third kappa shape index (κ3) is 4.74. The summed E-state index contributed by atoms with van der Waals surface area (Å²) in [6, 6.07) is 9.74. The van der Waals surface area contributed by atoms with Gasteiger partial charge in [0.2, 0.25) is 0 Å². The average Bonchev–Trinajstić information content (AvgIpc) is 3.11. The van der Waals surface area contributed by atoms with E-state index in [2.05, 4.69) is 17.3 Å². The van der Waals surface area contributed by atoms with Crippen molar-refractivity contribution in [3.05, 3.63) is 46.2 Å². The highest BCUT2D eigenvalue weighted by Crippen LogP contribution is 2.27. The van der Waals surface area contributed by atoms with Gasteiger partial charge in [-0.3, -0.25) is 4.79 Å². The number of rotatable bonds is 6. The lowest BCUT2D eigenvalue weighted by molar-refractivity contribution is 0.0921. The van der Waals surface area contributed by atoms with Crippen molar-refractivity contribution in [1.29, 1.82) is 0 Å². The van der Waals surface area contributed by atoms with Crippen LogP contribution in [0.3, 0.4) is 0 Å². The van der Waals surface area contributed by atoms with Crippen molar-refractivity contribution in [1.82, 2.24) is 10.2 Å². The van der Waals surface area contributed by atoms with Crippen LogP contribution < -0.4 is 14.8 Å². The number of carbonyl (C=O) groups excluding carboxylic acids is 1. The Kier molecular flexibility index (Phi) is 5.94. The number of piperidine rings is 1. The van der Waals surface area contributed by atoms with Crippen LogP contribution in [0.5, 0.6) is 11.5 Å². The summed E-state index contributed by atoms with van der Waals surface area (Å²) >= 11 is 1.46. The lowest BCUT2D eigenvalue weighted by Crippen LogP contribution is -2.43. The van der Waals surface area contributed by atoms with Gasteiger partial charge in [-0.2, -0.15) is 0 Å². The minimum Gasteiger partial charge on any atom is -0.493 e. The van der Waals surface area contributed by atoms with Gasteiger partial charge >= 0.3 is 0 Å². The molecule has 0 unspecified atom stereocenters. The second-order valence-electron chi connectivity index (χ2n) is 6.31. The van der Waals surface area contributed by atoms with Gasteiger partial charge in [-0.15, -0.1) is 11.3 Å². The fourth-order valence-corrected chi connectivity index (χ4v) is 3.68. The number of hydrogen-bond acceptors (Lipinski definition) is 5. The molecule has 1 N–H and O–H groups in total. The molecule has 0 saturated carbocycles. The zero-order valence-corrected chi connectivity index (χ0v) is 15.5. The van der Waals surface area contributed by atoms with Crippen molar-refractivity contribution in [2.75, 3.05) is 27.2 Å². The molecule has 25 heavy (non-hydrogen) atoms. The van der Waals surface area contributed by atoms with Gasteiger partial charge in [0, 0.05) is 11.6 Å². The van der Waals surface area contributed by atoms with Crippen LogP contribution in [0.25, 0.3) is 0 Å². The maximum Gasteiger partial charge on any atom is 0.261 e. The summed E-state index contributed by atoms with van der Waals surface area (Å²) in [7, 11) is 3.74. The molecule has 5 nitrogen and oxygen atoms in total. The number of nitrogens with one attached hydrogen (secondary N) is 1. The molecule has 2 aromatic rings. The van der Waals surface area contributed by atoms with Gasteiger partial charge in [0.25, 0.3) is 5.91 Å². The largest absolute Gasteiger partial charge is 0.493 e. The Balaban J connectivity index is 1.54. The molecule has 1 fully saturated rings. The normalized spacial score (nSPS) is 15.8. The average molecular weight is 360 g/mol. The lowest BCUT2D eigenvalue weighted by Gasteiger charge is -2.29. The number of amides is 1. The zero-order chi connectivity index (χ0) is 17.6. The van der Waals surface area contributed by atoms with E-state index < -0.39 is 0 Å². The molecule has 0 radical (unpaired) electrons. The van der Waals surface area contributed by atoms with E-state index in [0.717, 1.165) is 36.4 Å². The van der Waals surface area contributed by atoms with Crippen LogP contribution in [0.15, 0.2) is 35.7 Å². The smallest absolute Gasteiger partial charge is 0.261 e. The molecule has 1 aromatic heterocycles. The minimum atomic E-state index is 0.0168. The Bertz CT molecular complexity index is 708. The van der Waals surface area contributed by atoms with Crippen molar-refractivity contribution in [3.8, 4) is 11.5 Å². The molecule has 1 aliphatic heterocycles. The summed E-state index contributed by atoms with van der Waals surface area (Å²) in [6.45, 7) is 2.49. The Morgan fingerprint density at radius 3 is 2.72 bits per heavy atom. The Hall–Kier alpha value is -2.05. The van der Waals surface area contributed by atoms with Gasteiger partial charge in [-0.1, -0.05) is 12.1 Å². The second kappa shape index (κ2) is 8.36. The number of hydrogen-bond donors (Lipinski definition) is 1. The van der Waals surface area contributed by atoms with Crippen LogP contribution in [0.4, 0.5) is 0 Å². The van der Waals surface area contributed by atoms with Crippen LogP contribution >= 0.6 is 11.3 Å². The number of carbonyl (C=O) groups is 1. The molecule has 1 aliphatic rings. The third-order valence-corrected chi connectivity index (χ3v) is 5.37. The fourth-order valence-electron chi connectivity index (χ4n) is 2.88. The van der Waals surface area contributed by atoms with E-state index in [0.29, 0.717) is 18.1 Å². The highest BCUT2D eigenvalue weighted by atomic mass is 32.1. The Morgan fingerprint density at radius 2 is 2.00 bits per heavy atom. The maximum atomic E-state index is 12.4. The first kappa shape index (κ1) is 17.8. The van der Waals surface area contributed by atoms with E-state index in [4.69, 9.17) is 9.47 Å². The number of nitrogens with zero attached hydrogens (tertiary/aromatic N) is 1. The summed E-state index contributed by atoms with van der Waals surface area (Å²) in [4.78, 5) is 15.4. The number of thiophene rings is 1. The molecule has 6 heteroatoms. The molecule has 3 rings (SSSR count). The zero-order valence-electron chi connectivity index (χ0n) is 14.7. The van der Waals surface area contributed by atoms with Crippen molar-refractivity contribution < 1.29 is 14.3 Å². The van der Waals surface area contributed by atoms with Gasteiger partial charge in [0.05, 0.1) is 12.0 Å². The number of methoxy groups -OCH3 is 1. The van der Waals surface area contributed by atoms with Gasteiger partial charge in [-0.05, 0) is 56.6 Å². The second-order valence-corrected chi connectivity index (χ2v) is 7.22. The van der Waals surface area contributed by atoms with Crippen molar-refractivity contribution in [2.24, 2.45) is 0 Å². The summed E-state index contributed by atoms with van der Waals surface area (Å²) in [5.41, 5.74) is 0.990. The molecule has 0 spiro atoms. The highest BCUT2D eigenvalue weighted by molar-refractivity contribution is 7.12. The Labute approximate surface area is 152 Å². The standard InChI is InChI=1S/C19H24N2O3S/c1-21-9-7-15(8-10-21)20-19(22)18-11-14(13-25-18)12-24-17-6-4-3-5-16(17)23-2/h3-6,11,13,15H,7-10,12H2,1-2H3,(H,20,22). The first-order valence-corrected chi connectivity index (χ1v) is 9.36. The summed E-state index contributed by atoms with van der Waals surface area (Å²) < 4.78 is 11.1. The van der Waals surface area contributed by atoms with Gasteiger partial charge in [0.1, 0.15) is 6.61 Å². The van der Waals surface area contributed by atoms with Gasteiger partial charge in [-0.25, -0.2) is 0 Å². The number of benzene rings is 1. The summed E-state index contributed by atoms with van der Waals surface area (Å²) in [6.07, 6.45) is 2.02. The van der Waals surface area contributed by atoms with Crippen molar-refractivity contribution in [3.63, 3.8) is 0 Å². The number of ether oxygens (including phenoxy) is 2. The van der Waals surface area contributed by atoms with Crippen LogP contribution in [-0.4, -0.2) is 44.1 Å². The molecule has 1 saturated heterocycles. The van der Waals surface area contributed by atoms with Gasteiger partial charge in [0.15, 0.2) is 11.5 Å². The molecule has 1 amide bonds. The van der Waals surface area contributed by atoms with E-state index >= 15 is 0 Å². The molecule has 1 aromatic carbocycles. The van der Waals surface area contributed by atoms with E-state index in [-0.39, 0.29) is 11.9 Å². The van der Waals surface area contributed by atoms with Crippen LogP contribution in [0, 0.1) is 0 Å². The third-order valence-electron chi connectivity index (χ3n) is 4.39. The first-order valence-electron chi connectivity index (χ1n) is 8.48. The molecular weight excluding hydrogens is 336 g/mol. The van der Waals surface area contributed by atoms with E-state index in [9.17, 15) is 4.79 Å². The van der Waals surface area contributed by atoms with Gasteiger partial charge < -0.3 is 19.7 Å². The molecular formula is C19H24N2O3S. The highest BCUT2D eigenvalue weighted by Gasteiger charge is 2.20. The quantitative estimate of drug-likeness (QED) is 0.860. The SMILES string of the molecule is COc1ccccc1OCc1csc(C(=O)NC2CCN(C)CC2)c1. The summed E-state index contributed by atoms with van der Waals surface area (Å²) in [5.74, 6) is 1.43. The fraction of sp³-hybridized carbons (Fsp3) is 0.421. The molecule has 134 valence electrons. The molecule has 0 bridgehead atoms. The topological polar surface area (TPSA) is 50.8 Å². The monoisotopic (exact) mass is 360 g/mol. The first-order chi connectivity index (χ1) is 12.2. The van der Waals surface area contributed by atoms with Crippen LogP contribution in [0.2, 0.25) is 0 Å². The lowest BCUT2D eigenvalue weighted by atomic mass is 10.1. The maximum absolute atomic E-state index is 12.4. The minimum absolute atomic E-state index is 0.0168. The molecule has 2 heterocycles. The van der Waals surface area contributed by atoms with Crippen molar-refractivity contribution in [2.45, 2.75) is 25.5 Å². The number of para-hydroxylation sites is 2. The van der Waals surface area contributed by atoms with Crippen LogP contribution in [-0.2, 0) is 6.61 Å². The number of likely N-dealkylation sites (tertiary alicyclic amines) is 1. The summed E-state index contributed by atoms with van der Waals surface area (Å²) in [5, 5.41) is 5.12. The molecule has 0 atom stereocenters. The molecule has 0 aliphatic carbocycles. The predicted molar refractivity (Wildman–Crippen MR) is 99.6 cm³/mol. The predicted octanol–water partition coefficient (Wildman–Crippen LogP) is 3.16. The van der Waals surface area contributed by atoms with Crippen molar-refractivity contribution >= 4 is 17.2 Å². The van der Waals surface area contributed by atoms with E-state index in [1.807, 2.05) is 35.7 Å². The van der Waals surface area contributed by atoms with E-state index in [1.165, 1.54) is 11.3 Å². The van der Waals surface area contributed by atoms with Crippen LogP contribution in [0.1, 0.15) is 28.1 Å².